The van der Waals surface area contributed by atoms with Crippen molar-refractivity contribution in [1.82, 2.24) is 14.9 Å². The van der Waals surface area contributed by atoms with Gasteiger partial charge in [-0.15, -0.1) is 11.6 Å². The second-order valence-corrected chi connectivity index (χ2v) is 4.58. The SMILES string of the molecule is CCC(C)(CCCl)NC(=O)c1cncn1C. The van der Waals surface area contributed by atoms with Gasteiger partial charge in [-0.2, -0.15) is 0 Å². The lowest BCUT2D eigenvalue weighted by atomic mass is 9.95. The Bertz CT molecular complexity index is 364. The fourth-order valence-corrected chi connectivity index (χ4v) is 1.87. The van der Waals surface area contributed by atoms with Crippen molar-refractivity contribution in [3.63, 3.8) is 0 Å². The van der Waals surface area contributed by atoms with E-state index in [1.165, 1.54) is 0 Å². The number of hydrogen-bond acceptors (Lipinski definition) is 2. The van der Waals surface area contributed by atoms with Gasteiger partial charge in [-0.25, -0.2) is 4.98 Å². The molecule has 1 N–H and O–H groups in total. The molecular formula is C11H18ClN3O. The smallest absolute Gasteiger partial charge is 0.269 e. The normalized spacial score (nSPS) is 14.5. The Hall–Kier alpha value is -1.03. The van der Waals surface area contributed by atoms with Gasteiger partial charge in [0.15, 0.2) is 0 Å². The molecular weight excluding hydrogens is 226 g/mol. The zero-order valence-corrected chi connectivity index (χ0v) is 10.7. The van der Waals surface area contributed by atoms with Gasteiger partial charge in [0.1, 0.15) is 5.69 Å². The Morgan fingerprint density at radius 3 is 2.81 bits per heavy atom. The van der Waals surface area contributed by atoms with Crippen LogP contribution in [0.25, 0.3) is 0 Å². The van der Waals surface area contributed by atoms with Gasteiger partial charge in [-0.3, -0.25) is 4.79 Å². The number of amides is 1. The highest BCUT2D eigenvalue weighted by atomic mass is 35.5. The zero-order valence-electron chi connectivity index (χ0n) is 9.96. The average molecular weight is 244 g/mol. The summed E-state index contributed by atoms with van der Waals surface area (Å²) in [4.78, 5) is 15.9. The first-order valence-electron chi connectivity index (χ1n) is 5.37. The van der Waals surface area contributed by atoms with Crippen LogP contribution in [0.4, 0.5) is 0 Å². The Kier molecular flexibility index (Phi) is 4.35. The van der Waals surface area contributed by atoms with Gasteiger partial charge in [-0.1, -0.05) is 6.92 Å². The Morgan fingerprint density at radius 1 is 1.69 bits per heavy atom. The van der Waals surface area contributed by atoms with Crippen LogP contribution in [0.2, 0.25) is 0 Å². The topological polar surface area (TPSA) is 46.9 Å². The molecule has 0 aliphatic rings. The molecule has 0 radical (unpaired) electrons. The van der Waals surface area contributed by atoms with E-state index in [0.29, 0.717) is 11.6 Å². The summed E-state index contributed by atoms with van der Waals surface area (Å²) in [5.74, 6) is 0.435. The second kappa shape index (κ2) is 5.34. The molecule has 1 unspecified atom stereocenters. The fourth-order valence-electron chi connectivity index (χ4n) is 1.45. The van der Waals surface area contributed by atoms with Crippen LogP contribution in [0.3, 0.4) is 0 Å². The largest absolute Gasteiger partial charge is 0.346 e. The number of carbonyl (C=O) groups excluding carboxylic acids is 1. The van der Waals surface area contributed by atoms with E-state index in [-0.39, 0.29) is 11.4 Å². The zero-order chi connectivity index (χ0) is 12.2. The standard InChI is InChI=1S/C11H18ClN3O/c1-4-11(2,5-6-12)14-10(16)9-7-13-8-15(9)3/h7-8H,4-6H2,1-3H3,(H,14,16). The number of nitrogens with one attached hydrogen (secondary N) is 1. The fraction of sp³-hybridized carbons (Fsp3) is 0.636. The van der Waals surface area contributed by atoms with Gasteiger partial charge >= 0.3 is 0 Å². The van der Waals surface area contributed by atoms with Gasteiger partial charge in [0.25, 0.3) is 5.91 Å². The molecule has 0 saturated carbocycles. The first-order chi connectivity index (χ1) is 7.52. The minimum absolute atomic E-state index is 0.102. The Labute approximate surface area is 101 Å². The van der Waals surface area contributed by atoms with Crippen molar-refractivity contribution in [2.75, 3.05) is 5.88 Å². The van der Waals surface area contributed by atoms with E-state index in [9.17, 15) is 4.79 Å². The summed E-state index contributed by atoms with van der Waals surface area (Å²) in [5, 5.41) is 3.00. The molecule has 0 bridgehead atoms. The predicted molar refractivity (Wildman–Crippen MR) is 64.7 cm³/mol. The molecule has 0 fully saturated rings. The van der Waals surface area contributed by atoms with Gasteiger partial charge in [0, 0.05) is 18.5 Å². The van der Waals surface area contributed by atoms with E-state index >= 15 is 0 Å². The number of halogens is 1. The summed E-state index contributed by atoms with van der Waals surface area (Å²) < 4.78 is 1.70. The summed E-state index contributed by atoms with van der Waals surface area (Å²) in [6.45, 7) is 4.04. The van der Waals surface area contributed by atoms with E-state index in [4.69, 9.17) is 11.6 Å². The number of aromatic nitrogens is 2. The maximum Gasteiger partial charge on any atom is 0.269 e. The summed E-state index contributed by atoms with van der Waals surface area (Å²) >= 11 is 5.74. The van der Waals surface area contributed by atoms with E-state index in [2.05, 4.69) is 10.3 Å². The number of carbonyl (C=O) groups is 1. The summed E-state index contributed by atoms with van der Waals surface area (Å²) in [6, 6.07) is 0. The second-order valence-electron chi connectivity index (χ2n) is 4.20. The number of hydrogen-bond donors (Lipinski definition) is 1. The molecule has 0 saturated heterocycles. The molecule has 4 nitrogen and oxygen atoms in total. The van der Waals surface area contributed by atoms with Gasteiger partial charge in [0.05, 0.1) is 12.5 Å². The molecule has 1 aromatic heterocycles. The van der Waals surface area contributed by atoms with Gasteiger partial charge < -0.3 is 9.88 Å². The van der Waals surface area contributed by atoms with Crippen molar-refractivity contribution in [2.24, 2.45) is 7.05 Å². The lowest BCUT2D eigenvalue weighted by molar-refractivity contribution is 0.0893. The van der Waals surface area contributed by atoms with Crippen molar-refractivity contribution >= 4 is 17.5 Å². The molecule has 0 aliphatic heterocycles. The van der Waals surface area contributed by atoms with E-state index < -0.39 is 0 Å². The molecule has 1 amide bonds. The van der Waals surface area contributed by atoms with Crippen LogP contribution < -0.4 is 5.32 Å². The highest BCUT2D eigenvalue weighted by Crippen LogP contribution is 2.16. The van der Waals surface area contributed by atoms with Crippen LogP contribution in [0.15, 0.2) is 12.5 Å². The third kappa shape index (κ3) is 2.98. The molecule has 0 aromatic carbocycles. The van der Waals surface area contributed by atoms with Gasteiger partial charge in [0.2, 0.25) is 0 Å². The number of alkyl halides is 1. The molecule has 16 heavy (non-hydrogen) atoms. The Balaban J connectivity index is 2.73. The third-order valence-corrected chi connectivity index (χ3v) is 3.08. The maximum atomic E-state index is 12.0. The molecule has 1 aromatic rings. The van der Waals surface area contributed by atoms with Crippen LogP contribution in [0.1, 0.15) is 37.2 Å². The quantitative estimate of drug-likeness (QED) is 0.804. The number of rotatable bonds is 5. The van der Waals surface area contributed by atoms with Crippen molar-refractivity contribution in [3.05, 3.63) is 18.2 Å². The van der Waals surface area contributed by atoms with Crippen LogP contribution >= 0.6 is 11.6 Å². The monoisotopic (exact) mass is 243 g/mol. The molecule has 90 valence electrons. The molecule has 1 atom stereocenters. The summed E-state index contributed by atoms with van der Waals surface area (Å²) in [5.41, 5.74) is 0.317. The van der Waals surface area contributed by atoms with Crippen LogP contribution in [0, 0.1) is 0 Å². The van der Waals surface area contributed by atoms with Crippen LogP contribution in [0.5, 0.6) is 0 Å². The average Bonchev–Trinajstić information content (AvgIpc) is 2.65. The minimum Gasteiger partial charge on any atom is -0.346 e. The lowest BCUT2D eigenvalue weighted by Gasteiger charge is -2.28. The van der Waals surface area contributed by atoms with Crippen molar-refractivity contribution < 1.29 is 4.79 Å². The minimum atomic E-state index is -0.247. The van der Waals surface area contributed by atoms with E-state index in [1.54, 1.807) is 24.1 Å². The number of nitrogens with zero attached hydrogens (tertiary/aromatic N) is 2. The van der Waals surface area contributed by atoms with Gasteiger partial charge in [-0.05, 0) is 19.8 Å². The summed E-state index contributed by atoms with van der Waals surface area (Å²) in [7, 11) is 1.80. The third-order valence-electron chi connectivity index (χ3n) is 2.89. The first-order valence-corrected chi connectivity index (χ1v) is 5.90. The maximum absolute atomic E-state index is 12.0. The number of imidazole rings is 1. The van der Waals surface area contributed by atoms with Crippen LogP contribution in [-0.2, 0) is 7.05 Å². The molecule has 5 heteroatoms. The van der Waals surface area contributed by atoms with E-state index in [1.807, 2.05) is 13.8 Å². The molecule has 1 rings (SSSR count). The van der Waals surface area contributed by atoms with Crippen molar-refractivity contribution in [2.45, 2.75) is 32.2 Å². The van der Waals surface area contributed by atoms with Crippen molar-refractivity contribution in [3.8, 4) is 0 Å². The lowest BCUT2D eigenvalue weighted by Crippen LogP contribution is -2.46. The molecule has 1 heterocycles. The van der Waals surface area contributed by atoms with Crippen molar-refractivity contribution in [1.29, 1.82) is 0 Å². The Morgan fingerprint density at radius 2 is 2.38 bits per heavy atom. The highest BCUT2D eigenvalue weighted by molar-refractivity contribution is 6.17. The first kappa shape index (κ1) is 13.0. The number of aryl methyl sites for hydroxylation is 1. The summed E-state index contributed by atoms with van der Waals surface area (Å²) in [6.07, 6.45) is 4.78. The predicted octanol–water partition coefficient (Wildman–Crippen LogP) is 1.95. The van der Waals surface area contributed by atoms with Crippen LogP contribution in [-0.4, -0.2) is 26.9 Å². The highest BCUT2D eigenvalue weighted by Gasteiger charge is 2.25. The molecule has 0 spiro atoms. The molecule has 0 aliphatic carbocycles. The van der Waals surface area contributed by atoms with E-state index in [0.717, 1.165) is 12.8 Å².